The van der Waals surface area contributed by atoms with Gasteiger partial charge in [0.1, 0.15) is 5.60 Å². The summed E-state index contributed by atoms with van der Waals surface area (Å²) in [7, 11) is 0. The van der Waals surface area contributed by atoms with Crippen molar-refractivity contribution >= 4 is 23.3 Å². The normalized spacial score (nSPS) is 19.2. The lowest BCUT2D eigenvalue weighted by Crippen LogP contribution is -2.50. The van der Waals surface area contributed by atoms with Crippen LogP contribution in [0.4, 0.5) is 4.79 Å². The summed E-state index contributed by atoms with van der Waals surface area (Å²) in [5.41, 5.74) is -0.509. The molecular formula is C15H22N2O3S. The first-order valence-electron chi connectivity index (χ1n) is 7.17. The van der Waals surface area contributed by atoms with Gasteiger partial charge in [-0.15, -0.1) is 11.3 Å². The van der Waals surface area contributed by atoms with E-state index in [1.807, 2.05) is 38.3 Å². The van der Waals surface area contributed by atoms with Gasteiger partial charge in [-0.2, -0.15) is 0 Å². The van der Waals surface area contributed by atoms with Crippen LogP contribution in [-0.2, 0) is 4.74 Å². The summed E-state index contributed by atoms with van der Waals surface area (Å²) in [5, 5.41) is 4.75. The van der Waals surface area contributed by atoms with E-state index in [1.54, 1.807) is 4.90 Å². The Morgan fingerprint density at radius 1 is 1.43 bits per heavy atom. The molecular weight excluding hydrogens is 288 g/mol. The van der Waals surface area contributed by atoms with Gasteiger partial charge < -0.3 is 15.0 Å². The third-order valence-corrected chi connectivity index (χ3v) is 4.02. The number of hydrogen-bond acceptors (Lipinski definition) is 4. The maximum absolute atomic E-state index is 12.3. The third kappa shape index (κ3) is 4.74. The van der Waals surface area contributed by atoms with Crippen molar-refractivity contribution in [3.05, 3.63) is 22.4 Å². The van der Waals surface area contributed by atoms with Crippen molar-refractivity contribution in [1.29, 1.82) is 0 Å². The number of nitrogens with zero attached hydrogens (tertiary/aromatic N) is 1. The average Bonchev–Trinajstić information content (AvgIpc) is 2.89. The Labute approximate surface area is 129 Å². The summed E-state index contributed by atoms with van der Waals surface area (Å²) in [5.74, 6) is 0.0423. The second-order valence-electron chi connectivity index (χ2n) is 6.21. The van der Waals surface area contributed by atoms with Crippen molar-refractivity contribution in [3.8, 4) is 0 Å². The van der Waals surface area contributed by atoms with E-state index < -0.39 is 11.7 Å². The Bertz CT molecular complexity index is 494. The summed E-state index contributed by atoms with van der Waals surface area (Å²) in [6, 6.07) is 3.66. The van der Waals surface area contributed by atoms with Gasteiger partial charge in [-0.25, -0.2) is 4.79 Å². The van der Waals surface area contributed by atoms with E-state index in [0.717, 1.165) is 24.3 Å². The topological polar surface area (TPSA) is 58.6 Å². The number of piperidine rings is 1. The van der Waals surface area contributed by atoms with Crippen molar-refractivity contribution in [3.63, 3.8) is 0 Å². The number of thiophene rings is 1. The molecule has 1 aliphatic heterocycles. The van der Waals surface area contributed by atoms with Crippen LogP contribution in [0.3, 0.4) is 0 Å². The fraction of sp³-hybridized carbons (Fsp3) is 0.600. The highest BCUT2D eigenvalue weighted by molar-refractivity contribution is 7.12. The van der Waals surface area contributed by atoms with Crippen LogP contribution in [0.5, 0.6) is 0 Å². The molecule has 1 aromatic rings. The zero-order valence-corrected chi connectivity index (χ0v) is 13.5. The quantitative estimate of drug-likeness (QED) is 0.914. The zero-order valence-electron chi connectivity index (χ0n) is 12.7. The number of nitrogens with one attached hydrogen (secondary N) is 1. The maximum atomic E-state index is 12.3. The molecule has 116 valence electrons. The van der Waals surface area contributed by atoms with Crippen LogP contribution in [0.1, 0.15) is 43.3 Å². The van der Waals surface area contributed by atoms with Crippen molar-refractivity contribution in [2.45, 2.75) is 45.3 Å². The van der Waals surface area contributed by atoms with Gasteiger partial charge in [0, 0.05) is 19.1 Å². The molecule has 0 bridgehead atoms. The summed E-state index contributed by atoms with van der Waals surface area (Å²) in [6.45, 7) is 6.78. The minimum atomic E-state index is -0.509. The number of carbonyl (C=O) groups excluding carboxylic acids is 2. The predicted octanol–water partition coefficient (Wildman–Crippen LogP) is 2.88. The first kappa shape index (κ1) is 15.8. The van der Waals surface area contributed by atoms with Gasteiger partial charge in [-0.05, 0) is 45.1 Å². The van der Waals surface area contributed by atoms with Crippen molar-refractivity contribution in [2.24, 2.45) is 0 Å². The van der Waals surface area contributed by atoms with Gasteiger partial charge in [0.25, 0.3) is 5.91 Å². The van der Waals surface area contributed by atoms with Gasteiger partial charge >= 0.3 is 6.09 Å². The molecule has 2 rings (SSSR count). The van der Waals surface area contributed by atoms with Crippen LogP contribution < -0.4 is 5.32 Å². The van der Waals surface area contributed by atoms with Crippen LogP contribution >= 0.6 is 11.3 Å². The van der Waals surface area contributed by atoms with Crippen molar-refractivity contribution < 1.29 is 14.3 Å². The molecule has 1 aromatic heterocycles. The summed E-state index contributed by atoms with van der Waals surface area (Å²) >= 11 is 1.44. The number of likely N-dealkylation sites (tertiary alicyclic amines) is 1. The van der Waals surface area contributed by atoms with Gasteiger partial charge in [-0.1, -0.05) is 6.07 Å². The predicted molar refractivity (Wildman–Crippen MR) is 82.6 cm³/mol. The molecule has 6 heteroatoms. The van der Waals surface area contributed by atoms with Gasteiger partial charge in [0.15, 0.2) is 0 Å². The molecule has 1 fully saturated rings. The molecule has 0 saturated carbocycles. The highest BCUT2D eigenvalue weighted by atomic mass is 32.1. The largest absolute Gasteiger partial charge is 0.444 e. The summed E-state index contributed by atoms with van der Waals surface area (Å²) in [4.78, 5) is 26.7. The number of ether oxygens (including phenoxy) is 1. The minimum absolute atomic E-state index is 0.0423. The molecule has 1 unspecified atom stereocenters. The van der Waals surface area contributed by atoms with Crippen molar-refractivity contribution in [1.82, 2.24) is 10.2 Å². The van der Waals surface area contributed by atoms with Gasteiger partial charge in [0.2, 0.25) is 0 Å². The van der Waals surface area contributed by atoms with E-state index in [1.165, 1.54) is 11.3 Å². The molecule has 0 aliphatic carbocycles. The third-order valence-electron chi connectivity index (χ3n) is 3.16. The molecule has 0 spiro atoms. The second kappa shape index (κ2) is 6.47. The smallest absolute Gasteiger partial charge is 0.407 e. The standard InChI is InChI=1S/C15H22N2O3S/c1-15(2,3)20-14(19)16-11-6-4-8-17(10-11)13(18)12-7-5-9-21-12/h5,7,9,11H,4,6,8,10H2,1-3H3,(H,16,19). The first-order valence-corrected chi connectivity index (χ1v) is 8.05. The highest BCUT2D eigenvalue weighted by Gasteiger charge is 2.27. The molecule has 1 atom stereocenters. The molecule has 1 aliphatic rings. The van der Waals surface area contributed by atoms with Crippen LogP contribution in [0.15, 0.2) is 17.5 Å². The lowest BCUT2D eigenvalue weighted by atomic mass is 10.1. The lowest BCUT2D eigenvalue weighted by Gasteiger charge is -2.33. The van der Waals surface area contributed by atoms with Crippen LogP contribution in [0, 0.1) is 0 Å². The van der Waals surface area contributed by atoms with Gasteiger partial charge in [0.05, 0.1) is 4.88 Å². The summed E-state index contributed by atoms with van der Waals surface area (Å²) < 4.78 is 5.26. The van der Waals surface area contributed by atoms with E-state index in [9.17, 15) is 9.59 Å². The van der Waals surface area contributed by atoms with Crippen molar-refractivity contribution in [2.75, 3.05) is 13.1 Å². The number of carbonyl (C=O) groups is 2. The van der Waals surface area contributed by atoms with Crippen LogP contribution in [0.2, 0.25) is 0 Å². The Morgan fingerprint density at radius 2 is 2.19 bits per heavy atom. The molecule has 0 radical (unpaired) electrons. The molecule has 1 saturated heterocycles. The Balaban J connectivity index is 1.89. The van der Waals surface area contributed by atoms with E-state index in [-0.39, 0.29) is 11.9 Å². The Kier molecular flexibility index (Phi) is 4.88. The molecule has 2 amide bonds. The molecule has 5 nitrogen and oxygen atoms in total. The lowest BCUT2D eigenvalue weighted by molar-refractivity contribution is 0.0453. The number of alkyl carbamates (subject to hydrolysis) is 1. The van der Waals surface area contributed by atoms with E-state index in [4.69, 9.17) is 4.74 Å². The Hall–Kier alpha value is -1.56. The molecule has 1 N–H and O–H groups in total. The number of rotatable bonds is 2. The fourth-order valence-electron chi connectivity index (χ4n) is 2.31. The van der Waals surface area contributed by atoms with Gasteiger partial charge in [-0.3, -0.25) is 4.79 Å². The zero-order chi connectivity index (χ0) is 15.5. The minimum Gasteiger partial charge on any atom is -0.444 e. The highest BCUT2D eigenvalue weighted by Crippen LogP contribution is 2.17. The summed E-state index contributed by atoms with van der Waals surface area (Å²) in [6.07, 6.45) is 1.34. The molecule has 0 aromatic carbocycles. The van der Waals surface area contributed by atoms with Crippen LogP contribution in [-0.4, -0.2) is 41.6 Å². The second-order valence-corrected chi connectivity index (χ2v) is 7.16. The molecule has 21 heavy (non-hydrogen) atoms. The fourth-order valence-corrected chi connectivity index (χ4v) is 3.00. The van der Waals surface area contributed by atoms with Crippen LogP contribution in [0.25, 0.3) is 0 Å². The van der Waals surface area contributed by atoms with E-state index >= 15 is 0 Å². The molecule has 2 heterocycles. The van der Waals surface area contributed by atoms with E-state index in [0.29, 0.717) is 6.54 Å². The Morgan fingerprint density at radius 3 is 2.81 bits per heavy atom. The monoisotopic (exact) mass is 310 g/mol. The maximum Gasteiger partial charge on any atom is 0.407 e. The average molecular weight is 310 g/mol. The SMILES string of the molecule is CC(C)(C)OC(=O)NC1CCCN(C(=O)c2cccs2)C1. The number of amides is 2. The number of hydrogen-bond donors (Lipinski definition) is 1. The first-order chi connectivity index (χ1) is 9.85. The van der Waals surface area contributed by atoms with E-state index in [2.05, 4.69) is 5.32 Å².